The normalized spacial score (nSPS) is 12.5. The average Bonchev–Trinajstić information content (AvgIpc) is 2.35. The van der Waals surface area contributed by atoms with E-state index < -0.39 is 0 Å². The van der Waals surface area contributed by atoms with Gasteiger partial charge in [-0.3, -0.25) is 0 Å². The highest BCUT2D eigenvalue weighted by atomic mass is 32.2. The van der Waals surface area contributed by atoms with E-state index in [0.29, 0.717) is 6.61 Å². The highest BCUT2D eigenvalue weighted by Crippen LogP contribution is 2.26. The van der Waals surface area contributed by atoms with Gasteiger partial charge in [-0.05, 0) is 50.6 Å². The van der Waals surface area contributed by atoms with Gasteiger partial charge in [-0.1, -0.05) is 0 Å². The van der Waals surface area contributed by atoms with Gasteiger partial charge in [-0.15, -0.1) is 0 Å². The van der Waals surface area contributed by atoms with Crippen molar-refractivity contribution < 1.29 is 9.13 Å². The van der Waals surface area contributed by atoms with Crippen molar-refractivity contribution in [2.24, 2.45) is 0 Å². The van der Waals surface area contributed by atoms with Crippen LogP contribution in [0.1, 0.15) is 24.9 Å². The van der Waals surface area contributed by atoms with E-state index in [9.17, 15) is 4.39 Å². The minimum Gasteiger partial charge on any atom is -0.493 e. The van der Waals surface area contributed by atoms with Gasteiger partial charge >= 0.3 is 0 Å². The Labute approximate surface area is 107 Å². The number of rotatable bonds is 7. The molecule has 1 N–H and O–H groups in total. The maximum atomic E-state index is 13.2. The maximum absolute atomic E-state index is 13.2. The zero-order valence-electron chi connectivity index (χ0n) is 10.6. The third-order valence-electron chi connectivity index (χ3n) is 2.62. The van der Waals surface area contributed by atoms with Crippen LogP contribution in [0.5, 0.6) is 5.75 Å². The number of benzene rings is 1. The zero-order valence-corrected chi connectivity index (χ0v) is 11.4. The van der Waals surface area contributed by atoms with Crippen LogP contribution in [0.3, 0.4) is 0 Å². The van der Waals surface area contributed by atoms with E-state index in [0.717, 1.165) is 23.5 Å². The predicted octanol–water partition coefficient (Wildman–Crippen LogP) is 3.24. The molecule has 0 amide bonds. The Morgan fingerprint density at radius 2 is 2.24 bits per heavy atom. The summed E-state index contributed by atoms with van der Waals surface area (Å²) in [7, 11) is 1.85. The predicted molar refractivity (Wildman–Crippen MR) is 72.4 cm³/mol. The molecule has 0 radical (unpaired) electrons. The monoisotopic (exact) mass is 257 g/mol. The van der Waals surface area contributed by atoms with Gasteiger partial charge in [0.25, 0.3) is 0 Å². The highest BCUT2D eigenvalue weighted by molar-refractivity contribution is 7.98. The van der Waals surface area contributed by atoms with Crippen LogP contribution in [0.25, 0.3) is 0 Å². The summed E-state index contributed by atoms with van der Waals surface area (Å²) in [5, 5.41) is 3.10. The fourth-order valence-electron chi connectivity index (χ4n) is 1.53. The standard InChI is InChI=1S/C13H20FNOS/c1-10(15-2)12-9-11(14)5-6-13(12)16-7-4-8-17-3/h5-6,9-10,15H,4,7-8H2,1-3H3. The third-order valence-corrected chi connectivity index (χ3v) is 3.32. The second kappa shape index (κ2) is 7.56. The Hall–Kier alpha value is -0.740. The Balaban J connectivity index is 2.69. The van der Waals surface area contributed by atoms with E-state index in [4.69, 9.17) is 4.74 Å². The zero-order chi connectivity index (χ0) is 12.7. The molecule has 0 aliphatic carbocycles. The number of hydrogen-bond donors (Lipinski definition) is 1. The van der Waals surface area contributed by atoms with Gasteiger partial charge in [-0.25, -0.2) is 4.39 Å². The average molecular weight is 257 g/mol. The van der Waals surface area contributed by atoms with Crippen LogP contribution < -0.4 is 10.1 Å². The molecule has 0 spiro atoms. The molecule has 1 atom stereocenters. The van der Waals surface area contributed by atoms with Gasteiger partial charge in [0.15, 0.2) is 0 Å². The second-order valence-corrected chi connectivity index (χ2v) is 4.87. The Morgan fingerprint density at radius 1 is 1.47 bits per heavy atom. The van der Waals surface area contributed by atoms with Gasteiger partial charge in [0.1, 0.15) is 11.6 Å². The molecule has 0 bridgehead atoms. The van der Waals surface area contributed by atoms with Crippen molar-refractivity contribution in [3.05, 3.63) is 29.6 Å². The van der Waals surface area contributed by atoms with E-state index in [-0.39, 0.29) is 11.9 Å². The van der Waals surface area contributed by atoms with Crippen molar-refractivity contribution in [1.29, 1.82) is 0 Å². The quantitative estimate of drug-likeness (QED) is 0.758. The molecule has 1 rings (SSSR count). The molecular formula is C13H20FNOS. The highest BCUT2D eigenvalue weighted by Gasteiger charge is 2.11. The van der Waals surface area contributed by atoms with Crippen LogP contribution in [-0.4, -0.2) is 25.7 Å². The van der Waals surface area contributed by atoms with Crippen molar-refractivity contribution in [3.8, 4) is 5.75 Å². The van der Waals surface area contributed by atoms with Crippen molar-refractivity contribution in [3.63, 3.8) is 0 Å². The van der Waals surface area contributed by atoms with E-state index in [1.807, 2.05) is 14.0 Å². The Morgan fingerprint density at radius 3 is 2.88 bits per heavy atom. The fraction of sp³-hybridized carbons (Fsp3) is 0.538. The first-order valence-electron chi connectivity index (χ1n) is 5.77. The lowest BCUT2D eigenvalue weighted by molar-refractivity contribution is 0.312. The Bertz CT molecular complexity index is 346. The minimum atomic E-state index is -0.224. The van der Waals surface area contributed by atoms with Crippen LogP contribution in [0.4, 0.5) is 4.39 Å². The van der Waals surface area contributed by atoms with Crippen LogP contribution in [0.15, 0.2) is 18.2 Å². The summed E-state index contributed by atoms with van der Waals surface area (Å²) in [5.74, 6) is 1.63. The van der Waals surface area contributed by atoms with E-state index in [1.165, 1.54) is 12.1 Å². The van der Waals surface area contributed by atoms with Crippen LogP contribution in [0, 0.1) is 5.82 Å². The first kappa shape index (κ1) is 14.3. The first-order chi connectivity index (χ1) is 8.19. The molecule has 0 aliphatic heterocycles. The van der Waals surface area contributed by atoms with Crippen molar-refractivity contribution in [2.75, 3.05) is 25.7 Å². The van der Waals surface area contributed by atoms with Crippen LogP contribution in [0.2, 0.25) is 0 Å². The lowest BCUT2D eigenvalue weighted by atomic mass is 10.1. The molecule has 0 aromatic heterocycles. The van der Waals surface area contributed by atoms with Crippen LogP contribution >= 0.6 is 11.8 Å². The summed E-state index contributed by atoms with van der Waals surface area (Å²) < 4.78 is 18.9. The molecule has 1 aromatic carbocycles. The summed E-state index contributed by atoms with van der Waals surface area (Å²) in [4.78, 5) is 0. The number of ether oxygens (including phenoxy) is 1. The molecule has 0 saturated heterocycles. The van der Waals surface area contributed by atoms with Gasteiger partial charge in [0.2, 0.25) is 0 Å². The maximum Gasteiger partial charge on any atom is 0.124 e. The van der Waals surface area contributed by atoms with Crippen molar-refractivity contribution >= 4 is 11.8 Å². The van der Waals surface area contributed by atoms with Gasteiger partial charge in [-0.2, -0.15) is 11.8 Å². The number of halogens is 1. The Kier molecular flexibility index (Phi) is 6.37. The molecule has 0 aliphatic rings. The lowest BCUT2D eigenvalue weighted by Crippen LogP contribution is -2.14. The number of hydrogen-bond acceptors (Lipinski definition) is 3. The lowest BCUT2D eigenvalue weighted by Gasteiger charge is -2.16. The molecule has 1 aromatic rings. The van der Waals surface area contributed by atoms with Crippen LogP contribution in [-0.2, 0) is 0 Å². The number of nitrogens with one attached hydrogen (secondary N) is 1. The van der Waals surface area contributed by atoms with Gasteiger partial charge in [0, 0.05) is 11.6 Å². The second-order valence-electron chi connectivity index (χ2n) is 3.89. The smallest absolute Gasteiger partial charge is 0.124 e. The SMILES string of the molecule is CNC(C)c1cc(F)ccc1OCCCSC. The molecule has 2 nitrogen and oxygen atoms in total. The van der Waals surface area contributed by atoms with E-state index in [2.05, 4.69) is 11.6 Å². The van der Waals surface area contributed by atoms with Crippen molar-refractivity contribution in [2.45, 2.75) is 19.4 Å². The molecule has 4 heteroatoms. The third kappa shape index (κ3) is 4.56. The molecule has 0 saturated carbocycles. The molecule has 0 heterocycles. The summed E-state index contributed by atoms with van der Waals surface area (Å²) in [5.41, 5.74) is 0.872. The van der Waals surface area contributed by atoms with Crippen molar-refractivity contribution in [1.82, 2.24) is 5.32 Å². The number of thioether (sulfide) groups is 1. The summed E-state index contributed by atoms with van der Waals surface area (Å²) in [6.07, 6.45) is 3.08. The minimum absolute atomic E-state index is 0.0845. The summed E-state index contributed by atoms with van der Waals surface area (Å²) in [6.45, 7) is 2.67. The van der Waals surface area contributed by atoms with E-state index in [1.54, 1.807) is 17.8 Å². The first-order valence-corrected chi connectivity index (χ1v) is 7.17. The molecular weight excluding hydrogens is 237 g/mol. The molecule has 1 unspecified atom stereocenters. The molecule has 96 valence electrons. The fourth-order valence-corrected chi connectivity index (χ4v) is 1.94. The summed E-state index contributed by atoms with van der Waals surface area (Å²) in [6, 6.07) is 4.76. The largest absolute Gasteiger partial charge is 0.493 e. The summed E-state index contributed by atoms with van der Waals surface area (Å²) >= 11 is 1.80. The van der Waals surface area contributed by atoms with Gasteiger partial charge in [0.05, 0.1) is 6.61 Å². The topological polar surface area (TPSA) is 21.3 Å². The molecule has 17 heavy (non-hydrogen) atoms. The van der Waals surface area contributed by atoms with E-state index >= 15 is 0 Å². The van der Waals surface area contributed by atoms with Gasteiger partial charge < -0.3 is 10.1 Å². The molecule has 0 fully saturated rings.